The maximum Gasteiger partial charge on any atom is 0.416 e. The molecule has 1 fully saturated rings. The van der Waals surface area contributed by atoms with Crippen LogP contribution in [0.1, 0.15) is 23.5 Å². The minimum atomic E-state index is -4.89. The third-order valence-corrected chi connectivity index (χ3v) is 8.73. The summed E-state index contributed by atoms with van der Waals surface area (Å²) in [7, 11) is -4.81. The lowest BCUT2D eigenvalue weighted by molar-refractivity contribution is -0.146. The molecular formula is C25H18Cl2F3NO6S. The Morgan fingerprint density at radius 1 is 0.921 bits per heavy atom. The lowest BCUT2D eigenvalue weighted by Gasteiger charge is -2.28. The number of hydrogen-bond donors (Lipinski definition) is 2. The molecule has 4 rings (SSSR count). The van der Waals surface area contributed by atoms with Gasteiger partial charge in [-0.05, 0) is 65.6 Å². The van der Waals surface area contributed by atoms with Crippen LogP contribution in [0, 0.1) is 0 Å². The number of benzene rings is 3. The van der Waals surface area contributed by atoms with Crippen LogP contribution in [0.4, 0.5) is 13.2 Å². The molecule has 0 radical (unpaired) electrons. The van der Waals surface area contributed by atoms with E-state index in [-0.39, 0.29) is 9.33 Å². The van der Waals surface area contributed by atoms with E-state index >= 15 is 0 Å². The van der Waals surface area contributed by atoms with Crippen LogP contribution in [-0.4, -0.2) is 47.0 Å². The SMILES string of the molecule is O=C(O)CN(C1(C(=O)O)CC1c1cc(Cl)ccc1C(F)(F)F)S(=O)(=O)c1ccc(-c2ccc(Cl)cc2)cc1. The van der Waals surface area contributed by atoms with Gasteiger partial charge in [0, 0.05) is 16.0 Å². The molecule has 1 aliphatic carbocycles. The molecule has 0 saturated heterocycles. The summed E-state index contributed by atoms with van der Waals surface area (Å²) in [5.74, 6) is -4.96. The van der Waals surface area contributed by atoms with Crippen molar-refractivity contribution in [1.29, 1.82) is 0 Å². The lowest BCUT2D eigenvalue weighted by Crippen LogP contribution is -2.50. The number of rotatable bonds is 8. The molecule has 3 aromatic carbocycles. The van der Waals surface area contributed by atoms with Gasteiger partial charge >= 0.3 is 18.1 Å². The molecule has 0 bridgehead atoms. The highest BCUT2D eigenvalue weighted by molar-refractivity contribution is 7.89. The van der Waals surface area contributed by atoms with Crippen molar-refractivity contribution in [2.24, 2.45) is 0 Å². The first kappa shape index (κ1) is 27.9. The zero-order chi connectivity index (χ0) is 28.0. The van der Waals surface area contributed by atoms with Crippen molar-refractivity contribution in [3.8, 4) is 11.1 Å². The first-order valence-corrected chi connectivity index (χ1v) is 13.1. The van der Waals surface area contributed by atoms with E-state index in [2.05, 4.69) is 0 Å². The van der Waals surface area contributed by atoms with Gasteiger partial charge in [-0.25, -0.2) is 8.42 Å². The van der Waals surface area contributed by atoms with Gasteiger partial charge in [-0.3, -0.25) is 9.59 Å². The molecule has 1 saturated carbocycles. The summed E-state index contributed by atoms with van der Waals surface area (Å²) >= 11 is 11.8. The van der Waals surface area contributed by atoms with E-state index in [1.165, 1.54) is 24.3 Å². The third-order valence-electron chi connectivity index (χ3n) is 6.34. The van der Waals surface area contributed by atoms with Gasteiger partial charge in [0.15, 0.2) is 0 Å². The van der Waals surface area contributed by atoms with Crippen molar-refractivity contribution in [2.45, 2.75) is 28.9 Å². The Morgan fingerprint density at radius 3 is 1.95 bits per heavy atom. The Kier molecular flexibility index (Phi) is 7.26. The van der Waals surface area contributed by atoms with Gasteiger partial charge in [0.1, 0.15) is 12.1 Å². The number of sulfonamides is 1. The predicted molar refractivity (Wildman–Crippen MR) is 133 cm³/mol. The maximum atomic E-state index is 13.7. The van der Waals surface area contributed by atoms with E-state index in [0.717, 1.165) is 12.1 Å². The normalized spacial score (nSPS) is 19.4. The number of carboxylic acid groups (broad SMARTS) is 2. The first-order valence-electron chi connectivity index (χ1n) is 10.9. The van der Waals surface area contributed by atoms with Crippen LogP contribution in [-0.2, 0) is 25.8 Å². The van der Waals surface area contributed by atoms with E-state index in [4.69, 9.17) is 23.2 Å². The molecule has 2 N–H and O–H groups in total. The average Bonchev–Trinajstić information content (AvgIpc) is 3.59. The Balaban J connectivity index is 1.79. The highest BCUT2D eigenvalue weighted by atomic mass is 35.5. The van der Waals surface area contributed by atoms with Crippen molar-refractivity contribution in [1.82, 2.24) is 4.31 Å². The van der Waals surface area contributed by atoms with E-state index in [1.807, 2.05) is 0 Å². The zero-order valence-corrected chi connectivity index (χ0v) is 21.4. The molecule has 2 unspecified atom stereocenters. The van der Waals surface area contributed by atoms with E-state index < -0.39 is 68.6 Å². The monoisotopic (exact) mass is 587 g/mol. The molecule has 0 spiro atoms. The molecule has 38 heavy (non-hydrogen) atoms. The topological polar surface area (TPSA) is 112 Å². The maximum absolute atomic E-state index is 13.7. The van der Waals surface area contributed by atoms with E-state index in [9.17, 15) is 41.4 Å². The Bertz CT molecular complexity index is 1510. The fourth-order valence-electron chi connectivity index (χ4n) is 4.47. The van der Waals surface area contributed by atoms with Crippen LogP contribution in [0.15, 0.2) is 71.6 Å². The van der Waals surface area contributed by atoms with E-state index in [0.29, 0.717) is 22.2 Å². The number of halogens is 5. The van der Waals surface area contributed by atoms with Crippen molar-refractivity contribution in [2.75, 3.05) is 6.54 Å². The van der Waals surface area contributed by atoms with Crippen molar-refractivity contribution in [3.05, 3.63) is 87.9 Å². The van der Waals surface area contributed by atoms with Crippen LogP contribution in [0.5, 0.6) is 0 Å². The van der Waals surface area contributed by atoms with Crippen LogP contribution < -0.4 is 0 Å². The highest BCUT2D eigenvalue weighted by Gasteiger charge is 2.69. The molecule has 200 valence electrons. The fourth-order valence-corrected chi connectivity index (χ4v) is 6.50. The Morgan fingerprint density at radius 2 is 1.45 bits per heavy atom. The lowest BCUT2D eigenvalue weighted by atomic mass is 9.99. The molecule has 3 aromatic rings. The summed E-state index contributed by atoms with van der Waals surface area (Å²) in [5, 5.41) is 19.9. The summed E-state index contributed by atoms with van der Waals surface area (Å²) in [5.41, 5.74) is -2.90. The van der Waals surface area contributed by atoms with Crippen molar-refractivity contribution in [3.63, 3.8) is 0 Å². The minimum absolute atomic E-state index is 0.121. The number of nitrogens with zero attached hydrogens (tertiary/aromatic N) is 1. The largest absolute Gasteiger partial charge is 0.480 e. The van der Waals surface area contributed by atoms with Gasteiger partial charge in [0.25, 0.3) is 0 Å². The quantitative estimate of drug-likeness (QED) is 0.346. The van der Waals surface area contributed by atoms with Gasteiger partial charge in [-0.15, -0.1) is 0 Å². The zero-order valence-electron chi connectivity index (χ0n) is 19.1. The summed E-state index contributed by atoms with van der Waals surface area (Å²) in [4.78, 5) is 23.7. The second-order valence-corrected chi connectivity index (χ2v) is 11.4. The summed E-state index contributed by atoms with van der Waals surface area (Å²) in [6, 6.07) is 14.4. The van der Waals surface area contributed by atoms with Crippen molar-refractivity contribution >= 4 is 45.2 Å². The smallest absolute Gasteiger partial charge is 0.416 e. The summed E-state index contributed by atoms with van der Waals surface area (Å²) in [6.45, 7) is -1.29. The molecule has 0 amide bonds. The number of carbonyl (C=O) groups is 2. The molecular weight excluding hydrogens is 570 g/mol. The van der Waals surface area contributed by atoms with Crippen LogP contribution in [0.3, 0.4) is 0 Å². The van der Waals surface area contributed by atoms with Crippen molar-refractivity contribution < 1.29 is 41.4 Å². The minimum Gasteiger partial charge on any atom is -0.480 e. The first-order chi connectivity index (χ1) is 17.7. The van der Waals surface area contributed by atoms with Gasteiger partial charge < -0.3 is 10.2 Å². The molecule has 0 aliphatic heterocycles. The summed E-state index contributed by atoms with van der Waals surface area (Å²) in [6.07, 6.45) is -5.47. The number of aliphatic carboxylic acids is 2. The van der Waals surface area contributed by atoms with Gasteiger partial charge in [0.2, 0.25) is 10.0 Å². The van der Waals surface area contributed by atoms with Crippen LogP contribution >= 0.6 is 23.2 Å². The Labute approximate surface area is 225 Å². The molecule has 0 aromatic heterocycles. The second-order valence-electron chi connectivity index (χ2n) is 8.65. The molecule has 2 atom stereocenters. The molecule has 7 nitrogen and oxygen atoms in total. The van der Waals surface area contributed by atoms with E-state index in [1.54, 1.807) is 24.3 Å². The number of carboxylic acids is 2. The van der Waals surface area contributed by atoms with Crippen LogP contribution in [0.2, 0.25) is 10.0 Å². The summed E-state index contributed by atoms with van der Waals surface area (Å²) < 4.78 is 68.6. The number of hydrogen-bond acceptors (Lipinski definition) is 4. The van der Waals surface area contributed by atoms with Crippen LogP contribution in [0.25, 0.3) is 11.1 Å². The standard InChI is InChI=1S/C25H18Cl2F3NO6S/c26-16-5-1-14(2-6-16)15-3-8-18(9-4-15)38(36,37)31(13-22(32)33)24(23(34)35)12-21(24)19-11-17(27)7-10-20(19)25(28,29)30/h1-11,21H,12-13H2,(H,32,33)(H,34,35). The van der Waals surface area contributed by atoms with Gasteiger partial charge in [0.05, 0.1) is 10.5 Å². The van der Waals surface area contributed by atoms with Gasteiger partial charge in [-0.1, -0.05) is 47.5 Å². The van der Waals surface area contributed by atoms with Gasteiger partial charge in [-0.2, -0.15) is 17.5 Å². The molecule has 1 aliphatic rings. The molecule has 0 heterocycles. The third kappa shape index (κ3) is 5.11. The second kappa shape index (κ2) is 9.88. The Hall–Kier alpha value is -3.12. The number of alkyl halides is 3. The predicted octanol–water partition coefficient (Wildman–Crippen LogP) is 5.77. The molecule has 13 heteroatoms. The highest BCUT2D eigenvalue weighted by Crippen LogP contribution is 2.59. The fraction of sp³-hybridized carbons (Fsp3) is 0.200. The average molecular weight is 588 g/mol.